The van der Waals surface area contributed by atoms with E-state index in [0.29, 0.717) is 11.8 Å². The normalized spacial score (nSPS) is 24.5. The second-order valence-corrected chi connectivity index (χ2v) is 5.81. The largest absolute Gasteiger partial charge is 0.394 e. The number of aliphatic hydroxyl groups is 5. The quantitative estimate of drug-likeness (QED) is 0.278. The third-order valence-electron chi connectivity index (χ3n) is 3.81. The van der Waals surface area contributed by atoms with Crippen LogP contribution in [0.1, 0.15) is 24.6 Å². The average molecular weight is 376 g/mol. The molecule has 5 atom stereocenters. The van der Waals surface area contributed by atoms with Gasteiger partial charge in [0.25, 0.3) is 5.56 Å². The summed E-state index contributed by atoms with van der Waals surface area (Å²) in [6.45, 7) is 0.743. The lowest BCUT2D eigenvalue weighted by atomic mass is 10.2. The van der Waals surface area contributed by atoms with E-state index in [2.05, 4.69) is 4.98 Å². The highest BCUT2D eigenvalue weighted by atomic mass is 16.5. The first-order chi connectivity index (χ1) is 12.2. The number of aromatic nitrogens is 2. The Morgan fingerprint density at radius 3 is 2.50 bits per heavy atom. The van der Waals surface area contributed by atoms with E-state index >= 15 is 0 Å². The van der Waals surface area contributed by atoms with E-state index in [1.54, 1.807) is 6.92 Å². The molecule has 6 N–H and O–H groups in total. The maximum absolute atomic E-state index is 11.6. The Hall–Kier alpha value is -1.89. The molecule has 1 fully saturated rings. The fourth-order valence-electron chi connectivity index (χ4n) is 2.23. The standard InChI is InChI=1S/C10H14N2O5.C5H10O4/c1-5-3-12(10(16)11-9(5)15)8-2-6(14)7(4-13)17-8;6-2-1-4(8)5(9)3-7/h3,6-8,13-14H,2,4H2,1H3,(H,11,15,16);2,4-5,7-9H,1,3H2/t6-,7+,8+;4-,5+/m00/s1. The van der Waals surface area contributed by atoms with E-state index in [-0.39, 0.29) is 19.4 Å². The number of aromatic amines is 1. The van der Waals surface area contributed by atoms with Gasteiger partial charge < -0.3 is 35.1 Å². The molecule has 26 heavy (non-hydrogen) atoms. The minimum absolute atomic E-state index is 0.137. The molecular weight excluding hydrogens is 352 g/mol. The van der Waals surface area contributed by atoms with Crippen LogP contribution in [0.4, 0.5) is 0 Å². The average Bonchev–Trinajstić information content (AvgIpc) is 2.98. The van der Waals surface area contributed by atoms with Gasteiger partial charge in [-0.3, -0.25) is 14.3 Å². The first-order valence-corrected chi connectivity index (χ1v) is 7.92. The van der Waals surface area contributed by atoms with E-state index in [4.69, 9.17) is 25.2 Å². The van der Waals surface area contributed by atoms with Crippen LogP contribution in [0.15, 0.2) is 15.8 Å². The Morgan fingerprint density at radius 1 is 1.35 bits per heavy atom. The van der Waals surface area contributed by atoms with Crippen LogP contribution >= 0.6 is 0 Å². The van der Waals surface area contributed by atoms with Crippen molar-refractivity contribution in [1.29, 1.82) is 0 Å². The highest BCUT2D eigenvalue weighted by Crippen LogP contribution is 2.27. The van der Waals surface area contributed by atoms with Gasteiger partial charge in [-0.15, -0.1) is 0 Å². The fraction of sp³-hybridized carbons (Fsp3) is 0.667. The molecule has 2 heterocycles. The number of carbonyl (C=O) groups excluding carboxylic acids is 1. The summed E-state index contributed by atoms with van der Waals surface area (Å²) in [7, 11) is 0. The molecule has 1 aliphatic heterocycles. The summed E-state index contributed by atoms with van der Waals surface area (Å²) >= 11 is 0. The number of hydrogen-bond acceptors (Lipinski definition) is 9. The molecule has 0 spiro atoms. The van der Waals surface area contributed by atoms with Gasteiger partial charge >= 0.3 is 5.69 Å². The topological polar surface area (TPSA) is 182 Å². The van der Waals surface area contributed by atoms with Crippen molar-refractivity contribution in [3.8, 4) is 0 Å². The monoisotopic (exact) mass is 376 g/mol. The first kappa shape index (κ1) is 22.2. The van der Waals surface area contributed by atoms with Crippen LogP contribution in [0.3, 0.4) is 0 Å². The number of rotatable bonds is 6. The molecule has 1 aromatic heterocycles. The molecule has 0 bridgehead atoms. The Kier molecular flexibility index (Phi) is 8.78. The Balaban J connectivity index is 0.000000321. The molecule has 0 radical (unpaired) electrons. The van der Waals surface area contributed by atoms with Crippen LogP contribution in [0.2, 0.25) is 0 Å². The van der Waals surface area contributed by atoms with Crippen LogP contribution < -0.4 is 11.2 Å². The van der Waals surface area contributed by atoms with Gasteiger partial charge in [-0.05, 0) is 6.92 Å². The van der Waals surface area contributed by atoms with Gasteiger partial charge in [0, 0.05) is 24.6 Å². The number of aliphatic hydroxyl groups excluding tert-OH is 5. The summed E-state index contributed by atoms with van der Waals surface area (Å²) in [6.07, 6.45) is -2.56. The lowest BCUT2D eigenvalue weighted by Gasteiger charge is -2.14. The third kappa shape index (κ3) is 5.83. The first-order valence-electron chi connectivity index (χ1n) is 7.92. The molecule has 0 aromatic carbocycles. The zero-order valence-electron chi connectivity index (χ0n) is 14.2. The molecule has 0 amide bonds. The van der Waals surface area contributed by atoms with Crippen LogP contribution in [-0.2, 0) is 9.53 Å². The molecule has 0 unspecified atom stereocenters. The summed E-state index contributed by atoms with van der Waals surface area (Å²) in [6, 6.07) is 0. The van der Waals surface area contributed by atoms with Gasteiger partial charge in [-0.2, -0.15) is 0 Å². The van der Waals surface area contributed by atoms with Crippen LogP contribution in [0.25, 0.3) is 0 Å². The number of H-pyrrole nitrogens is 1. The van der Waals surface area contributed by atoms with E-state index in [1.165, 1.54) is 10.8 Å². The fourth-order valence-corrected chi connectivity index (χ4v) is 2.23. The minimum atomic E-state index is -1.20. The van der Waals surface area contributed by atoms with Crippen molar-refractivity contribution >= 4 is 6.29 Å². The maximum Gasteiger partial charge on any atom is 0.330 e. The van der Waals surface area contributed by atoms with E-state index in [9.17, 15) is 19.5 Å². The van der Waals surface area contributed by atoms with Gasteiger partial charge in [0.2, 0.25) is 0 Å². The second-order valence-electron chi connectivity index (χ2n) is 5.81. The zero-order chi connectivity index (χ0) is 19.9. The van der Waals surface area contributed by atoms with Gasteiger partial charge in [0.05, 0.1) is 25.4 Å². The van der Waals surface area contributed by atoms with Crippen molar-refractivity contribution in [3.05, 3.63) is 32.6 Å². The van der Waals surface area contributed by atoms with Gasteiger partial charge in [-0.25, -0.2) is 4.79 Å². The third-order valence-corrected chi connectivity index (χ3v) is 3.81. The lowest BCUT2D eigenvalue weighted by Crippen LogP contribution is -2.33. The number of carbonyl (C=O) groups is 1. The smallest absolute Gasteiger partial charge is 0.330 e. The summed E-state index contributed by atoms with van der Waals surface area (Å²) < 4.78 is 6.54. The highest BCUT2D eigenvalue weighted by molar-refractivity contribution is 5.50. The molecule has 0 saturated carbocycles. The number of hydrogen-bond donors (Lipinski definition) is 6. The summed E-state index contributed by atoms with van der Waals surface area (Å²) in [5.74, 6) is 0. The van der Waals surface area contributed by atoms with Crippen molar-refractivity contribution in [1.82, 2.24) is 9.55 Å². The molecule has 0 aliphatic carbocycles. The lowest BCUT2D eigenvalue weighted by molar-refractivity contribution is -0.111. The van der Waals surface area contributed by atoms with Crippen molar-refractivity contribution in [2.75, 3.05) is 13.2 Å². The molecule has 11 heteroatoms. The van der Waals surface area contributed by atoms with Crippen molar-refractivity contribution in [3.63, 3.8) is 0 Å². The molecule has 1 aliphatic rings. The van der Waals surface area contributed by atoms with E-state index in [1.807, 2.05) is 0 Å². The van der Waals surface area contributed by atoms with E-state index < -0.39 is 48.5 Å². The molecule has 1 saturated heterocycles. The predicted octanol–water partition coefficient (Wildman–Crippen LogP) is -3.22. The Labute approximate surface area is 148 Å². The summed E-state index contributed by atoms with van der Waals surface area (Å²) in [5.41, 5.74) is -0.643. The Bertz CT molecular complexity index is 686. The molecule has 11 nitrogen and oxygen atoms in total. The SMILES string of the molecule is Cc1cn([C@H]2C[C@H](O)[C@@H](CO)O2)c(=O)[nH]c1=O.O=CC[C@H](O)[C@H](O)CO. The molecule has 1 aromatic rings. The maximum atomic E-state index is 11.6. The predicted molar refractivity (Wildman–Crippen MR) is 87.5 cm³/mol. The number of aldehydes is 1. The van der Waals surface area contributed by atoms with Gasteiger partial charge in [-0.1, -0.05) is 0 Å². The molecule has 2 rings (SSSR count). The highest BCUT2D eigenvalue weighted by Gasteiger charge is 2.34. The van der Waals surface area contributed by atoms with Crippen molar-refractivity contribution in [2.24, 2.45) is 0 Å². The minimum Gasteiger partial charge on any atom is -0.394 e. The summed E-state index contributed by atoms with van der Waals surface area (Å²) in [5, 5.41) is 44.0. The van der Waals surface area contributed by atoms with Crippen LogP contribution in [0.5, 0.6) is 0 Å². The number of ether oxygens (including phenoxy) is 1. The van der Waals surface area contributed by atoms with Gasteiger partial charge in [0.15, 0.2) is 0 Å². The van der Waals surface area contributed by atoms with E-state index in [0.717, 1.165) is 0 Å². The number of nitrogens with one attached hydrogen (secondary N) is 1. The van der Waals surface area contributed by atoms with Crippen molar-refractivity contribution in [2.45, 2.75) is 50.4 Å². The number of aryl methyl sites for hydroxylation is 1. The summed E-state index contributed by atoms with van der Waals surface area (Å²) in [4.78, 5) is 34.6. The Morgan fingerprint density at radius 2 is 2.00 bits per heavy atom. The van der Waals surface area contributed by atoms with Crippen LogP contribution in [-0.4, -0.2) is 79.0 Å². The van der Waals surface area contributed by atoms with Gasteiger partial charge in [0.1, 0.15) is 24.7 Å². The van der Waals surface area contributed by atoms with Crippen LogP contribution in [0, 0.1) is 6.92 Å². The molecular formula is C15H24N2O9. The second kappa shape index (κ2) is 10.3. The number of nitrogens with zero attached hydrogens (tertiary/aromatic N) is 1. The molecule has 148 valence electrons. The zero-order valence-corrected chi connectivity index (χ0v) is 14.2. The van der Waals surface area contributed by atoms with Crippen molar-refractivity contribution < 1.29 is 35.1 Å².